The predicted molar refractivity (Wildman–Crippen MR) is 93.7 cm³/mol. The Morgan fingerprint density at radius 2 is 1.82 bits per heavy atom. The number of unbranched alkanes of at least 4 members (excludes halogenated alkanes) is 1. The van der Waals surface area contributed by atoms with Crippen LogP contribution in [0.25, 0.3) is 0 Å². The third kappa shape index (κ3) is 14.1. The van der Waals surface area contributed by atoms with Crippen LogP contribution < -0.4 is 10.6 Å². The van der Waals surface area contributed by atoms with Crippen molar-refractivity contribution in [3.63, 3.8) is 0 Å². The Kier molecular flexibility index (Phi) is 15.9. The van der Waals surface area contributed by atoms with Gasteiger partial charge in [-0.15, -0.1) is 0 Å². The minimum Gasteiger partial charge on any atom is -0.383 e. The Hall–Kier alpha value is -0.850. The van der Waals surface area contributed by atoms with Crippen LogP contribution in [0.1, 0.15) is 33.1 Å². The number of hydrogen-bond acceptors (Lipinski definition) is 4. The number of guanidine groups is 1. The molecule has 0 amide bonds. The van der Waals surface area contributed by atoms with E-state index in [9.17, 15) is 0 Å². The lowest BCUT2D eigenvalue weighted by molar-refractivity contribution is 0.130. The highest BCUT2D eigenvalue weighted by Gasteiger charge is 2.00. The van der Waals surface area contributed by atoms with Crippen LogP contribution in [0.2, 0.25) is 0 Å². The molecule has 6 nitrogen and oxygen atoms in total. The largest absolute Gasteiger partial charge is 0.383 e. The summed E-state index contributed by atoms with van der Waals surface area (Å²) >= 11 is 0. The minimum absolute atomic E-state index is 0.767. The lowest BCUT2D eigenvalue weighted by Crippen LogP contribution is -2.41. The number of nitrogens with zero attached hydrogens (tertiary/aromatic N) is 2. The molecule has 0 rings (SSSR count). The molecule has 0 saturated heterocycles. The third-order valence-electron chi connectivity index (χ3n) is 3.17. The maximum absolute atomic E-state index is 5.54. The molecule has 0 heterocycles. The minimum atomic E-state index is 0.767. The molecule has 6 heteroatoms. The van der Waals surface area contributed by atoms with Crippen LogP contribution in [0, 0.1) is 0 Å². The van der Waals surface area contributed by atoms with Gasteiger partial charge in [0.05, 0.1) is 6.61 Å². The van der Waals surface area contributed by atoms with Crippen LogP contribution in [0.5, 0.6) is 0 Å². The first-order valence-electron chi connectivity index (χ1n) is 8.52. The lowest BCUT2D eigenvalue weighted by atomic mass is 10.4. The van der Waals surface area contributed by atoms with Crippen molar-refractivity contribution in [1.82, 2.24) is 15.5 Å². The smallest absolute Gasteiger partial charge is 0.191 e. The second kappa shape index (κ2) is 16.5. The molecule has 0 radical (unpaired) electrons. The highest BCUT2D eigenvalue weighted by molar-refractivity contribution is 5.79. The van der Waals surface area contributed by atoms with Gasteiger partial charge in [0.2, 0.25) is 0 Å². The Labute approximate surface area is 136 Å². The Morgan fingerprint density at radius 3 is 2.50 bits per heavy atom. The number of likely N-dealkylation sites (N-methyl/N-ethyl adjacent to an activating group) is 1. The first-order valence-corrected chi connectivity index (χ1v) is 8.52. The fourth-order valence-corrected chi connectivity index (χ4v) is 1.77. The summed E-state index contributed by atoms with van der Waals surface area (Å²) in [6.45, 7) is 11.1. The van der Waals surface area contributed by atoms with Gasteiger partial charge in [-0.2, -0.15) is 0 Å². The summed E-state index contributed by atoms with van der Waals surface area (Å²) in [7, 11) is 3.83. The van der Waals surface area contributed by atoms with Crippen molar-refractivity contribution in [2.24, 2.45) is 4.99 Å². The van der Waals surface area contributed by atoms with Gasteiger partial charge in [0.15, 0.2) is 5.96 Å². The summed E-state index contributed by atoms with van der Waals surface area (Å²) in [5.74, 6) is 0.885. The number of rotatable bonds is 14. The van der Waals surface area contributed by atoms with E-state index >= 15 is 0 Å². The van der Waals surface area contributed by atoms with Crippen LogP contribution in [0.4, 0.5) is 0 Å². The van der Waals surface area contributed by atoms with E-state index in [4.69, 9.17) is 9.47 Å². The fourth-order valence-electron chi connectivity index (χ4n) is 1.77. The van der Waals surface area contributed by atoms with Crippen LogP contribution in [-0.4, -0.2) is 77.6 Å². The summed E-state index contributed by atoms with van der Waals surface area (Å²) in [4.78, 5) is 6.80. The van der Waals surface area contributed by atoms with E-state index in [1.807, 2.05) is 0 Å². The predicted octanol–water partition coefficient (Wildman–Crippen LogP) is 1.33. The highest BCUT2D eigenvalue weighted by atomic mass is 16.5. The maximum atomic E-state index is 5.54. The van der Waals surface area contributed by atoms with Crippen molar-refractivity contribution in [1.29, 1.82) is 0 Å². The molecule has 0 aliphatic rings. The third-order valence-corrected chi connectivity index (χ3v) is 3.17. The van der Waals surface area contributed by atoms with E-state index in [2.05, 4.69) is 41.4 Å². The molecule has 0 aliphatic heterocycles. The number of methoxy groups -OCH3 is 1. The van der Waals surface area contributed by atoms with Gasteiger partial charge in [-0.1, -0.05) is 13.3 Å². The summed E-state index contributed by atoms with van der Waals surface area (Å²) < 4.78 is 10.6. The average Bonchev–Trinajstić information content (AvgIpc) is 2.52. The summed E-state index contributed by atoms with van der Waals surface area (Å²) in [6.07, 6.45) is 3.30. The molecule has 0 aromatic rings. The van der Waals surface area contributed by atoms with Gasteiger partial charge in [-0.3, -0.25) is 4.99 Å². The SMILES string of the molecule is CCCCOCCCN=C(NCC)NCCN(C)CCOC. The van der Waals surface area contributed by atoms with Crippen molar-refractivity contribution in [2.75, 3.05) is 66.7 Å². The molecular weight excluding hydrogens is 280 g/mol. The molecule has 0 aliphatic carbocycles. The van der Waals surface area contributed by atoms with E-state index in [0.717, 1.165) is 71.3 Å². The molecule has 0 atom stereocenters. The zero-order chi connectivity index (χ0) is 16.5. The summed E-state index contributed by atoms with van der Waals surface area (Å²) in [6, 6.07) is 0. The van der Waals surface area contributed by atoms with Crippen LogP contribution in [-0.2, 0) is 9.47 Å². The Balaban J connectivity index is 3.76. The van der Waals surface area contributed by atoms with Gasteiger partial charge in [0.1, 0.15) is 0 Å². The number of nitrogens with one attached hydrogen (secondary N) is 2. The average molecular weight is 316 g/mol. The number of hydrogen-bond donors (Lipinski definition) is 2. The van der Waals surface area contributed by atoms with Crippen LogP contribution in [0.15, 0.2) is 4.99 Å². The second-order valence-electron chi connectivity index (χ2n) is 5.30. The molecular formula is C16H36N4O2. The molecule has 0 aromatic heterocycles. The molecule has 132 valence electrons. The first-order chi connectivity index (χ1) is 10.7. The molecule has 0 unspecified atom stereocenters. The zero-order valence-electron chi connectivity index (χ0n) is 15.0. The molecule has 0 bridgehead atoms. The Bertz CT molecular complexity index is 263. The monoisotopic (exact) mass is 316 g/mol. The number of aliphatic imine (C=N–C) groups is 1. The second-order valence-corrected chi connectivity index (χ2v) is 5.30. The van der Waals surface area contributed by atoms with E-state index in [0.29, 0.717) is 0 Å². The van der Waals surface area contributed by atoms with Crippen molar-refractivity contribution < 1.29 is 9.47 Å². The zero-order valence-corrected chi connectivity index (χ0v) is 15.0. The summed E-state index contributed by atoms with van der Waals surface area (Å²) in [5, 5.41) is 6.62. The fraction of sp³-hybridized carbons (Fsp3) is 0.938. The quantitative estimate of drug-likeness (QED) is 0.288. The molecule has 22 heavy (non-hydrogen) atoms. The van der Waals surface area contributed by atoms with Crippen molar-refractivity contribution in [3.05, 3.63) is 0 Å². The lowest BCUT2D eigenvalue weighted by Gasteiger charge is -2.17. The van der Waals surface area contributed by atoms with Gasteiger partial charge < -0.3 is 25.0 Å². The van der Waals surface area contributed by atoms with Crippen LogP contribution in [0.3, 0.4) is 0 Å². The highest BCUT2D eigenvalue weighted by Crippen LogP contribution is 1.90. The topological polar surface area (TPSA) is 58.1 Å². The van der Waals surface area contributed by atoms with Gasteiger partial charge >= 0.3 is 0 Å². The van der Waals surface area contributed by atoms with E-state index in [1.54, 1.807) is 7.11 Å². The molecule has 0 spiro atoms. The summed E-state index contributed by atoms with van der Waals surface area (Å²) in [5.41, 5.74) is 0. The molecule has 0 aromatic carbocycles. The molecule has 2 N–H and O–H groups in total. The van der Waals surface area contributed by atoms with Crippen LogP contribution >= 0.6 is 0 Å². The molecule has 0 fully saturated rings. The van der Waals surface area contributed by atoms with E-state index in [1.165, 1.54) is 6.42 Å². The molecule has 0 saturated carbocycles. The van der Waals surface area contributed by atoms with E-state index in [-0.39, 0.29) is 0 Å². The Morgan fingerprint density at radius 1 is 1.05 bits per heavy atom. The van der Waals surface area contributed by atoms with Gasteiger partial charge in [-0.05, 0) is 26.8 Å². The van der Waals surface area contributed by atoms with Crippen molar-refractivity contribution in [2.45, 2.75) is 33.1 Å². The first kappa shape index (κ1) is 21.1. The van der Waals surface area contributed by atoms with Crippen molar-refractivity contribution >= 4 is 5.96 Å². The normalized spacial score (nSPS) is 12.0. The standard InChI is InChI=1S/C16H36N4O2/c1-5-7-13-22-14-8-9-18-16(17-6-2)19-10-11-20(3)12-15-21-4/h5-15H2,1-4H3,(H2,17,18,19). The van der Waals surface area contributed by atoms with Gasteiger partial charge in [-0.25, -0.2) is 0 Å². The maximum Gasteiger partial charge on any atom is 0.191 e. The van der Waals surface area contributed by atoms with Gasteiger partial charge in [0.25, 0.3) is 0 Å². The number of ether oxygens (including phenoxy) is 2. The van der Waals surface area contributed by atoms with Gasteiger partial charge in [0, 0.05) is 53.0 Å². The van der Waals surface area contributed by atoms with E-state index < -0.39 is 0 Å². The van der Waals surface area contributed by atoms with Crippen molar-refractivity contribution in [3.8, 4) is 0 Å².